The molecule has 0 aliphatic heterocycles. The first-order valence-corrected chi connectivity index (χ1v) is 5.53. The van der Waals surface area contributed by atoms with Crippen LogP contribution in [0, 0.1) is 0 Å². The number of unbranched alkanes of at least 4 members (excludes halogenated alkanes) is 1. The molecule has 0 aromatic heterocycles. The monoisotopic (exact) mass is 256 g/mol. The molecule has 3 N–H and O–H groups in total. The Hall–Kier alpha value is -0.820. The molecular formula is C10H19F3N2O2. The number of halogens is 3. The summed E-state index contributed by atoms with van der Waals surface area (Å²) < 4.78 is 36.6. The summed E-state index contributed by atoms with van der Waals surface area (Å²) in [4.78, 5) is 12.2. The lowest BCUT2D eigenvalue weighted by Gasteiger charge is -2.25. The van der Waals surface area contributed by atoms with Crippen molar-refractivity contribution in [3.63, 3.8) is 0 Å². The molecule has 1 amide bonds. The summed E-state index contributed by atoms with van der Waals surface area (Å²) in [6.45, 7) is -0.328. The van der Waals surface area contributed by atoms with Gasteiger partial charge in [-0.1, -0.05) is 19.8 Å². The minimum absolute atomic E-state index is 0.349. The highest BCUT2D eigenvalue weighted by Gasteiger charge is 2.34. The number of amides is 1. The van der Waals surface area contributed by atoms with E-state index >= 15 is 0 Å². The average Bonchev–Trinajstić information content (AvgIpc) is 2.22. The summed E-state index contributed by atoms with van der Waals surface area (Å²) >= 11 is 0. The predicted molar refractivity (Wildman–Crippen MR) is 57.2 cm³/mol. The largest absolute Gasteiger partial charge is 0.406 e. The summed E-state index contributed by atoms with van der Waals surface area (Å²) in [6, 6.07) is -0.927. The highest BCUT2D eigenvalue weighted by Crippen LogP contribution is 2.17. The van der Waals surface area contributed by atoms with Crippen LogP contribution in [0.1, 0.15) is 26.2 Å². The zero-order valence-electron chi connectivity index (χ0n) is 9.83. The maximum atomic E-state index is 12.2. The van der Waals surface area contributed by atoms with Crippen LogP contribution in [0.25, 0.3) is 0 Å². The van der Waals surface area contributed by atoms with Crippen molar-refractivity contribution in [3.8, 4) is 0 Å². The first kappa shape index (κ1) is 16.2. The van der Waals surface area contributed by atoms with E-state index in [2.05, 4.69) is 0 Å². The van der Waals surface area contributed by atoms with Gasteiger partial charge in [-0.2, -0.15) is 13.2 Å². The Balaban J connectivity index is 4.42. The first-order chi connectivity index (χ1) is 7.81. The lowest BCUT2D eigenvalue weighted by molar-refractivity contribution is -0.162. The van der Waals surface area contributed by atoms with Crippen molar-refractivity contribution in [2.75, 3.05) is 19.7 Å². The number of carbonyl (C=O) groups excluding carboxylic acids is 1. The Kier molecular flexibility index (Phi) is 7.13. The SMILES string of the molecule is CCCCC(N)C(=O)N(CCO)CC(F)(F)F. The first-order valence-electron chi connectivity index (χ1n) is 5.53. The maximum Gasteiger partial charge on any atom is 0.406 e. The van der Waals surface area contributed by atoms with Crippen LogP contribution in [0.3, 0.4) is 0 Å². The van der Waals surface area contributed by atoms with Crippen LogP contribution in [0.15, 0.2) is 0 Å². The number of hydrogen-bond donors (Lipinski definition) is 2. The molecule has 17 heavy (non-hydrogen) atoms. The maximum absolute atomic E-state index is 12.2. The molecule has 0 fully saturated rings. The normalized spacial score (nSPS) is 13.5. The smallest absolute Gasteiger partial charge is 0.395 e. The van der Waals surface area contributed by atoms with E-state index in [4.69, 9.17) is 10.8 Å². The van der Waals surface area contributed by atoms with Crippen molar-refractivity contribution in [1.82, 2.24) is 4.90 Å². The number of hydrogen-bond acceptors (Lipinski definition) is 3. The van der Waals surface area contributed by atoms with Gasteiger partial charge in [0.25, 0.3) is 0 Å². The van der Waals surface area contributed by atoms with Gasteiger partial charge in [-0.3, -0.25) is 4.79 Å². The van der Waals surface area contributed by atoms with Crippen molar-refractivity contribution in [2.24, 2.45) is 5.73 Å². The molecule has 7 heteroatoms. The number of aliphatic hydroxyl groups is 1. The van der Waals surface area contributed by atoms with Crippen LogP contribution in [0.4, 0.5) is 13.2 Å². The minimum atomic E-state index is -4.48. The molecule has 0 spiro atoms. The van der Waals surface area contributed by atoms with E-state index in [9.17, 15) is 18.0 Å². The van der Waals surface area contributed by atoms with E-state index in [0.29, 0.717) is 17.7 Å². The number of alkyl halides is 3. The molecule has 0 aromatic rings. The molecule has 0 heterocycles. The van der Waals surface area contributed by atoms with Gasteiger partial charge in [0.1, 0.15) is 6.54 Å². The summed E-state index contributed by atoms with van der Waals surface area (Å²) in [5, 5.41) is 8.64. The quantitative estimate of drug-likeness (QED) is 0.711. The number of rotatable bonds is 7. The third kappa shape index (κ3) is 7.17. The Bertz CT molecular complexity index is 234. The Morgan fingerprint density at radius 2 is 2.06 bits per heavy atom. The van der Waals surface area contributed by atoms with Gasteiger partial charge >= 0.3 is 6.18 Å². The number of aliphatic hydroxyl groups excluding tert-OH is 1. The lowest BCUT2D eigenvalue weighted by Crippen LogP contribution is -2.48. The minimum Gasteiger partial charge on any atom is -0.395 e. The van der Waals surface area contributed by atoms with Crippen LogP contribution < -0.4 is 5.73 Å². The fourth-order valence-corrected chi connectivity index (χ4v) is 1.39. The van der Waals surface area contributed by atoms with Gasteiger partial charge in [0.2, 0.25) is 5.91 Å². The zero-order valence-corrected chi connectivity index (χ0v) is 9.83. The Morgan fingerprint density at radius 3 is 2.47 bits per heavy atom. The fraction of sp³-hybridized carbons (Fsp3) is 0.900. The van der Waals surface area contributed by atoms with Crippen LogP contribution >= 0.6 is 0 Å². The zero-order chi connectivity index (χ0) is 13.5. The van der Waals surface area contributed by atoms with E-state index in [-0.39, 0.29) is 6.54 Å². The second-order valence-corrected chi connectivity index (χ2v) is 3.85. The van der Waals surface area contributed by atoms with E-state index < -0.39 is 31.3 Å². The highest BCUT2D eigenvalue weighted by molar-refractivity contribution is 5.81. The van der Waals surface area contributed by atoms with Gasteiger partial charge in [0, 0.05) is 6.54 Å². The molecule has 0 radical (unpaired) electrons. The topological polar surface area (TPSA) is 66.6 Å². The lowest BCUT2D eigenvalue weighted by atomic mass is 10.1. The average molecular weight is 256 g/mol. The molecule has 0 aliphatic rings. The molecular weight excluding hydrogens is 237 g/mol. The molecule has 102 valence electrons. The Morgan fingerprint density at radius 1 is 1.47 bits per heavy atom. The van der Waals surface area contributed by atoms with Gasteiger partial charge in [0.15, 0.2) is 0 Å². The predicted octanol–water partition coefficient (Wildman–Crippen LogP) is 0.887. The van der Waals surface area contributed by atoms with Crippen molar-refractivity contribution < 1.29 is 23.1 Å². The molecule has 0 rings (SSSR count). The van der Waals surface area contributed by atoms with Gasteiger partial charge in [-0.05, 0) is 6.42 Å². The van der Waals surface area contributed by atoms with Crippen molar-refractivity contribution in [2.45, 2.75) is 38.4 Å². The van der Waals surface area contributed by atoms with E-state index in [1.165, 1.54) is 0 Å². The summed E-state index contributed by atoms with van der Waals surface area (Å²) in [5.41, 5.74) is 5.51. The van der Waals surface area contributed by atoms with E-state index in [1.54, 1.807) is 0 Å². The summed E-state index contributed by atoms with van der Waals surface area (Å²) in [5.74, 6) is -0.759. The molecule has 0 bridgehead atoms. The number of nitrogens with zero attached hydrogens (tertiary/aromatic N) is 1. The summed E-state index contributed by atoms with van der Waals surface area (Å²) in [6.07, 6.45) is -2.61. The van der Waals surface area contributed by atoms with Gasteiger partial charge in [-0.15, -0.1) is 0 Å². The van der Waals surface area contributed by atoms with Gasteiger partial charge in [-0.25, -0.2) is 0 Å². The second-order valence-electron chi connectivity index (χ2n) is 3.85. The summed E-state index contributed by atoms with van der Waals surface area (Å²) in [7, 11) is 0. The molecule has 0 aliphatic carbocycles. The highest BCUT2D eigenvalue weighted by atomic mass is 19.4. The molecule has 1 unspecified atom stereocenters. The fourth-order valence-electron chi connectivity index (χ4n) is 1.39. The number of nitrogens with two attached hydrogens (primary N) is 1. The van der Waals surface area contributed by atoms with Gasteiger partial charge < -0.3 is 15.7 Å². The van der Waals surface area contributed by atoms with Crippen molar-refractivity contribution >= 4 is 5.91 Å². The molecule has 0 saturated carbocycles. The molecule has 0 saturated heterocycles. The van der Waals surface area contributed by atoms with E-state index in [0.717, 1.165) is 6.42 Å². The number of carbonyl (C=O) groups is 1. The third-order valence-electron chi connectivity index (χ3n) is 2.24. The van der Waals surface area contributed by atoms with Crippen LogP contribution in [0.2, 0.25) is 0 Å². The standard InChI is InChI=1S/C10H19F3N2O2/c1-2-3-4-8(14)9(17)15(5-6-16)7-10(11,12)13/h8,16H,2-7,14H2,1H3. The van der Waals surface area contributed by atoms with E-state index in [1.807, 2.05) is 6.92 Å². The Labute approximate surface area is 98.6 Å². The second kappa shape index (κ2) is 7.50. The molecule has 0 aromatic carbocycles. The molecule has 1 atom stereocenters. The van der Waals surface area contributed by atoms with Crippen LogP contribution in [0.5, 0.6) is 0 Å². The van der Waals surface area contributed by atoms with Crippen LogP contribution in [-0.2, 0) is 4.79 Å². The van der Waals surface area contributed by atoms with Gasteiger partial charge in [0.05, 0.1) is 12.6 Å². The third-order valence-corrected chi connectivity index (χ3v) is 2.24. The van der Waals surface area contributed by atoms with Crippen molar-refractivity contribution in [3.05, 3.63) is 0 Å². The molecule has 4 nitrogen and oxygen atoms in total. The van der Waals surface area contributed by atoms with Crippen LogP contribution in [-0.4, -0.2) is 47.8 Å². The van der Waals surface area contributed by atoms with Crippen molar-refractivity contribution in [1.29, 1.82) is 0 Å².